The number of nitrogens with one attached hydrogen (secondary N) is 1. The van der Waals surface area contributed by atoms with Gasteiger partial charge in [-0.3, -0.25) is 9.59 Å². The molecule has 0 saturated heterocycles. The second kappa shape index (κ2) is 8.67. The molecule has 2 aromatic rings. The van der Waals surface area contributed by atoms with Gasteiger partial charge in [-0.15, -0.1) is 0 Å². The monoisotopic (exact) mass is 430 g/mol. The number of rotatable bonds is 4. The van der Waals surface area contributed by atoms with E-state index < -0.39 is 17.6 Å². The van der Waals surface area contributed by atoms with Crippen LogP contribution < -0.4 is 15.0 Å². The van der Waals surface area contributed by atoms with E-state index >= 15 is 0 Å². The first-order chi connectivity index (χ1) is 14.6. The van der Waals surface area contributed by atoms with Crippen molar-refractivity contribution in [3.63, 3.8) is 0 Å². The van der Waals surface area contributed by atoms with Crippen molar-refractivity contribution in [1.82, 2.24) is 5.32 Å². The highest BCUT2D eigenvalue weighted by atomic mass is 19.4. The molecule has 1 N–H and O–H groups in total. The van der Waals surface area contributed by atoms with Crippen LogP contribution in [0.2, 0.25) is 0 Å². The Bertz CT molecular complexity index is 1070. The van der Waals surface area contributed by atoms with Gasteiger partial charge in [-0.25, -0.2) is 0 Å². The Morgan fingerprint density at radius 1 is 1.16 bits per heavy atom. The molecule has 8 heteroatoms. The van der Waals surface area contributed by atoms with Crippen LogP contribution in [-0.2, 0) is 11.0 Å². The van der Waals surface area contributed by atoms with Crippen LogP contribution in [-0.4, -0.2) is 25.4 Å². The third-order valence-corrected chi connectivity index (χ3v) is 4.88. The van der Waals surface area contributed by atoms with Crippen molar-refractivity contribution in [2.45, 2.75) is 20.0 Å². The summed E-state index contributed by atoms with van der Waals surface area (Å²) in [7, 11) is 1.55. The molecule has 0 saturated carbocycles. The van der Waals surface area contributed by atoms with Crippen LogP contribution in [0.1, 0.15) is 35.3 Å². The summed E-state index contributed by atoms with van der Waals surface area (Å²) in [5.41, 5.74) is 1.45. The fraction of sp³-hybridized carbons (Fsp3) is 0.217. The smallest absolute Gasteiger partial charge is 0.416 e. The Labute approximate surface area is 177 Å². The first-order valence-corrected chi connectivity index (χ1v) is 9.49. The number of ether oxygens (including phenoxy) is 1. The van der Waals surface area contributed by atoms with Crippen molar-refractivity contribution in [2.24, 2.45) is 0 Å². The average Bonchev–Trinajstić information content (AvgIpc) is 2.74. The van der Waals surface area contributed by atoms with Crippen LogP contribution in [0.3, 0.4) is 0 Å². The van der Waals surface area contributed by atoms with Gasteiger partial charge in [-0.1, -0.05) is 23.8 Å². The van der Waals surface area contributed by atoms with Crippen molar-refractivity contribution < 1.29 is 27.5 Å². The first kappa shape index (κ1) is 22.1. The average molecular weight is 430 g/mol. The second-order valence-corrected chi connectivity index (χ2v) is 7.09. The molecule has 0 bridgehead atoms. The van der Waals surface area contributed by atoms with Crippen LogP contribution in [0.25, 0.3) is 6.08 Å². The van der Waals surface area contributed by atoms with E-state index in [1.165, 1.54) is 29.2 Å². The van der Waals surface area contributed by atoms with Gasteiger partial charge in [0, 0.05) is 19.2 Å². The van der Waals surface area contributed by atoms with Crippen LogP contribution in [0.5, 0.6) is 5.75 Å². The number of likely N-dealkylation sites (N-methyl/N-ethyl adjacent to an activating group) is 1. The van der Waals surface area contributed by atoms with E-state index in [9.17, 15) is 22.8 Å². The van der Waals surface area contributed by atoms with Crippen LogP contribution in [0.15, 0.2) is 59.9 Å². The lowest BCUT2D eigenvalue weighted by Gasteiger charge is -2.27. The molecule has 0 radical (unpaired) electrons. The number of anilines is 1. The number of halogens is 3. The lowest BCUT2D eigenvalue weighted by atomic mass is 10.1. The van der Waals surface area contributed by atoms with Gasteiger partial charge in [-0.2, -0.15) is 13.2 Å². The van der Waals surface area contributed by atoms with Gasteiger partial charge >= 0.3 is 6.18 Å². The zero-order chi connectivity index (χ0) is 22.8. The minimum atomic E-state index is -4.44. The zero-order valence-electron chi connectivity index (χ0n) is 17.2. The maximum atomic E-state index is 12.7. The summed E-state index contributed by atoms with van der Waals surface area (Å²) in [4.78, 5) is 26.4. The quantitative estimate of drug-likeness (QED) is 0.560. The molecule has 2 aromatic carbocycles. The van der Waals surface area contributed by atoms with Gasteiger partial charge in [-0.05, 0) is 55.8 Å². The first-order valence-electron chi connectivity index (χ1n) is 9.49. The van der Waals surface area contributed by atoms with Crippen LogP contribution in [0.4, 0.5) is 18.9 Å². The predicted molar refractivity (Wildman–Crippen MR) is 112 cm³/mol. The SMILES string of the molecule is C/C=C(\C)CNC(=O)c1ccc2c(c1)O/C(=C\c1ccc(C(F)(F)F)cc1)C(=O)N2C. The number of fused-ring (bicyclic) bond motifs is 1. The fourth-order valence-corrected chi connectivity index (χ4v) is 2.89. The van der Waals surface area contributed by atoms with Crippen LogP contribution >= 0.6 is 0 Å². The molecule has 0 spiro atoms. The standard InChI is InChI=1S/C23H21F3N2O3/c1-4-14(2)13-27-21(29)16-7-10-18-19(12-16)31-20(22(30)28(18)3)11-15-5-8-17(9-6-15)23(24,25)26/h4-12H,13H2,1-3H3,(H,27,29)/b14-4+,20-11-. The number of carbonyl (C=O) groups is 2. The van der Waals surface area contributed by atoms with Gasteiger partial charge in [0.1, 0.15) is 0 Å². The molecule has 2 amide bonds. The summed E-state index contributed by atoms with van der Waals surface area (Å²) in [5.74, 6) is -0.499. The molecule has 0 fully saturated rings. The normalized spacial score (nSPS) is 15.5. The number of alkyl halides is 3. The lowest BCUT2D eigenvalue weighted by molar-refractivity contribution is -0.137. The van der Waals surface area contributed by atoms with E-state index in [4.69, 9.17) is 4.74 Å². The number of nitrogens with zero attached hydrogens (tertiary/aromatic N) is 1. The Morgan fingerprint density at radius 3 is 2.45 bits per heavy atom. The summed E-state index contributed by atoms with van der Waals surface area (Å²) in [6.45, 7) is 4.19. The number of amides is 2. The molecule has 1 aliphatic heterocycles. The largest absolute Gasteiger partial charge is 0.449 e. The topological polar surface area (TPSA) is 58.6 Å². The number of hydrogen-bond acceptors (Lipinski definition) is 3. The van der Waals surface area contributed by atoms with Crippen molar-refractivity contribution >= 4 is 23.6 Å². The van der Waals surface area contributed by atoms with E-state index in [1.807, 2.05) is 19.9 Å². The van der Waals surface area contributed by atoms with E-state index in [-0.39, 0.29) is 11.7 Å². The van der Waals surface area contributed by atoms with Gasteiger partial charge in [0.05, 0.1) is 11.3 Å². The van der Waals surface area contributed by atoms with Crippen molar-refractivity contribution in [2.75, 3.05) is 18.5 Å². The maximum absolute atomic E-state index is 12.7. The molecule has 0 aliphatic carbocycles. The molecule has 5 nitrogen and oxygen atoms in total. The Balaban J connectivity index is 1.86. The van der Waals surface area contributed by atoms with Crippen molar-refractivity contribution in [3.8, 4) is 5.75 Å². The molecular formula is C23H21F3N2O3. The highest BCUT2D eigenvalue weighted by Crippen LogP contribution is 2.36. The van der Waals surface area contributed by atoms with Gasteiger partial charge in [0.2, 0.25) is 0 Å². The predicted octanol–water partition coefficient (Wildman–Crippen LogP) is 4.80. The van der Waals surface area contributed by atoms with E-state index in [0.29, 0.717) is 29.1 Å². The summed E-state index contributed by atoms with van der Waals surface area (Å²) in [6, 6.07) is 9.12. The third kappa shape index (κ3) is 4.96. The van der Waals surface area contributed by atoms with E-state index in [0.717, 1.165) is 17.7 Å². The minimum Gasteiger partial charge on any atom is -0.449 e. The zero-order valence-corrected chi connectivity index (χ0v) is 17.2. The molecular weight excluding hydrogens is 409 g/mol. The van der Waals surface area contributed by atoms with Gasteiger partial charge in [0.25, 0.3) is 11.8 Å². The molecule has 1 aliphatic rings. The number of carbonyl (C=O) groups excluding carboxylic acids is 2. The molecule has 0 atom stereocenters. The van der Waals surface area contributed by atoms with Crippen molar-refractivity contribution in [1.29, 1.82) is 0 Å². The van der Waals surface area contributed by atoms with E-state index in [2.05, 4.69) is 5.32 Å². The second-order valence-electron chi connectivity index (χ2n) is 7.09. The summed E-state index contributed by atoms with van der Waals surface area (Å²) in [5, 5.41) is 2.80. The summed E-state index contributed by atoms with van der Waals surface area (Å²) >= 11 is 0. The fourth-order valence-electron chi connectivity index (χ4n) is 2.89. The van der Waals surface area contributed by atoms with Gasteiger partial charge in [0.15, 0.2) is 11.5 Å². The number of hydrogen-bond donors (Lipinski definition) is 1. The number of benzene rings is 2. The van der Waals surface area contributed by atoms with Gasteiger partial charge < -0.3 is 15.0 Å². The number of allylic oxidation sites excluding steroid dienone is 1. The molecule has 0 unspecified atom stereocenters. The lowest BCUT2D eigenvalue weighted by Crippen LogP contribution is -2.34. The highest BCUT2D eigenvalue weighted by Gasteiger charge is 2.31. The third-order valence-electron chi connectivity index (χ3n) is 4.88. The Hall–Kier alpha value is -3.55. The molecule has 0 aromatic heterocycles. The maximum Gasteiger partial charge on any atom is 0.416 e. The van der Waals surface area contributed by atoms with E-state index in [1.54, 1.807) is 19.2 Å². The molecule has 1 heterocycles. The summed E-state index contributed by atoms with van der Waals surface area (Å²) < 4.78 is 43.9. The Kier molecular flexibility index (Phi) is 6.19. The van der Waals surface area contributed by atoms with Crippen LogP contribution in [0, 0.1) is 0 Å². The minimum absolute atomic E-state index is 0.0583. The summed E-state index contributed by atoms with van der Waals surface area (Å²) in [6.07, 6.45) is -1.18. The Morgan fingerprint density at radius 2 is 1.84 bits per heavy atom. The molecule has 31 heavy (non-hydrogen) atoms. The highest BCUT2D eigenvalue weighted by molar-refractivity contribution is 6.10. The molecule has 3 rings (SSSR count). The van der Waals surface area contributed by atoms with Crippen molar-refractivity contribution in [3.05, 3.63) is 76.6 Å². The molecule has 162 valence electrons.